The van der Waals surface area contributed by atoms with Gasteiger partial charge < -0.3 is 49.3 Å². The van der Waals surface area contributed by atoms with Crippen molar-refractivity contribution in [1.82, 2.24) is 15.1 Å². The number of nitrogens with zero attached hydrogens (tertiary/aromatic N) is 8. The number of nitrogens with one attached hydrogen (secondary N) is 1. The first-order chi connectivity index (χ1) is 28.1. The van der Waals surface area contributed by atoms with Gasteiger partial charge in [0, 0.05) is 101 Å². The van der Waals surface area contributed by atoms with Crippen LogP contribution in [-0.2, 0) is 28.4 Å². The molecule has 19 heteroatoms. The number of hydrogen-bond donors (Lipinski definition) is 2. The van der Waals surface area contributed by atoms with Crippen LogP contribution in [0.1, 0.15) is 128 Å². The Kier molecular flexibility index (Phi) is 27.7. The smallest absolute Gasteiger partial charge is 0.410 e. The largest absolute Gasteiger partial charge is 0.444 e. The molecule has 0 unspecified atom stereocenters. The van der Waals surface area contributed by atoms with Crippen molar-refractivity contribution in [2.75, 3.05) is 73.4 Å². The van der Waals surface area contributed by atoms with Crippen LogP contribution in [0.3, 0.4) is 0 Å². The lowest BCUT2D eigenvalue weighted by Gasteiger charge is -2.33. The fraction of sp³-hybridized carbons (Fsp3) is 0.929. The minimum absolute atomic E-state index is 0. The van der Waals surface area contributed by atoms with E-state index in [9.17, 15) is 14.4 Å². The number of alkyl carbamates (subject to hydrolysis) is 1. The minimum Gasteiger partial charge on any atom is -0.444 e. The van der Waals surface area contributed by atoms with Crippen LogP contribution in [0.15, 0.2) is 10.2 Å². The van der Waals surface area contributed by atoms with Crippen LogP contribution in [0.25, 0.3) is 20.9 Å². The molecule has 3 saturated heterocycles. The summed E-state index contributed by atoms with van der Waals surface area (Å²) in [6, 6.07) is -0.364. The average Bonchev–Trinajstić information content (AvgIpc) is 3.16. The predicted molar refractivity (Wildman–Crippen MR) is 237 cm³/mol. The second-order valence-corrected chi connectivity index (χ2v) is 18.9. The van der Waals surface area contributed by atoms with Crippen molar-refractivity contribution in [3.8, 4) is 0 Å². The molecule has 0 bridgehead atoms. The topological polar surface area (TPSA) is 249 Å². The zero-order valence-corrected chi connectivity index (χ0v) is 38.5. The van der Waals surface area contributed by atoms with E-state index in [2.05, 4.69) is 25.4 Å². The van der Waals surface area contributed by atoms with Gasteiger partial charge in [-0.25, -0.2) is 14.4 Å². The maximum Gasteiger partial charge on any atom is 0.410 e. The summed E-state index contributed by atoms with van der Waals surface area (Å²) in [5.74, 6) is 1.27. The Hall–Kier alpha value is -3.73. The quantitative estimate of drug-likeness (QED) is 0.0725. The molecule has 6 atom stereocenters. The predicted octanol–water partition coefficient (Wildman–Crippen LogP) is 8.99. The molecule has 3 amide bonds. The number of ether oxygens (including phenoxy) is 6. The number of carbonyl (C=O) groups excluding carboxylic acids is 3. The van der Waals surface area contributed by atoms with E-state index in [0.717, 1.165) is 84.2 Å². The molecule has 0 saturated carbocycles. The molecule has 3 N–H and O–H groups in total. The van der Waals surface area contributed by atoms with Crippen LogP contribution in [0.2, 0.25) is 0 Å². The standard InChI is InChI=1S/C14H26N4O3.C14H28N2O3.C13H24N4O3.CH4/c1-14(2,3)21-13(19)18(4)12(9-16-17-15)8-11-6-5-7-20-10-11;1-14(2,3)19-13(17)16(4)12(9-15)8-11-6-5-7-18-10-11;1-13(2,3)20-12(18)16-11(8-15-17-14)7-10-5-4-6-19-9-10;/h11-12H,5-10H2,1-4H3;11-12H,5-10,15H2,1-4H3;10-11H,4-9H2,1-3H3,(H,16,18);1H4/t2*11-,12+;10-,11+;/m111./s1. The Balaban J connectivity index is 0.000000879. The lowest BCUT2D eigenvalue weighted by Crippen LogP contribution is -2.45. The third-order valence-electron chi connectivity index (χ3n) is 9.76. The van der Waals surface area contributed by atoms with Crippen LogP contribution in [0, 0.1) is 17.8 Å². The molecule has 0 spiro atoms. The Morgan fingerprint density at radius 2 is 1.05 bits per heavy atom. The van der Waals surface area contributed by atoms with E-state index in [0.29, 0.717) is 37.5 Å². The zero-order valence-electron chi connectivity index (χ0n) is 38.5. The second kappa shape index (κ2) is 29.5. The van der Waals surface area contributed by atoms with Crippen LogP contribution in [-0.4, -0.2) is 136 Å². The average molecular weight is 871 g/mol. The first kappa shape index (κ1) is 57.3. The maximum absolute atomic E-state index is 12.1. The molecule has 3 heterocycles. The summed E-state index contributed by atoms with van der Waals surface area (Å²) in [5, 5.41) is 9.96. The highest BCUT2D eigenvalue weighted by molar-refractivity contribution is 5.69. The van der Waals surface area contributed by atoms with Gasteiger partial charge in [0.2, 0.25) is 0 Å². The molecule has 61 heavy (non-hydrogen) atoms. The van der Waals surface area contributed by atoms with Gasteiger partial charge in [-0.05, 0) is 149 Å². The SMILES string of the molecule is C.CC(C)(C)OC(=O)N[C@H](CN=[N+]=[N-])C[C@H]1CCCOC1.CN(C(=O)OC(C)(C)C)[C@H](CN)C[C@H]1CCCOC1.CN(C(=O)OC(C)(C)C)[C@H](CN=[N+]=[N-])C[C@H]1CCCOC1. The van der Waals surface area contributed by atoms with E-state index in [1.54, 1.807) is 19.0 Å². The van der Waals surface area contributed by atoms with Gasteiger partial charge in [-0.2, -0.15) is 0 Å². The highest BCUT2D eigenvalue weighted by Gasteiger charge is 2.30. The first-order valence-electron chi connectivity index (χ1n) is 21.4. The van der Waals surface area contributed by atoms with E-state index in [1.807, 2.05) is 62.3 Å². The summed E-state index contributed by atoms with van der Waals surface area (Å²) in [6.07, 6.45) is 7.66. The number of carbonyl (C=O) groups is 3. The summed E-state index contributed by atoms with van der Waals surface area (Å²) in [5.41, 5.74) is 21.2. The van der Waals surface area contributed by atoms with Gasteiger partial charge in [0.15, 0.2) is 0 Å². The normalized spacial score (nSPS) is 20.6. The summed E-state index contributed by atoms with van der Waals surface area (Å²) in [7, 11) is 3.45. The molecule has 3 fully saturated rings. The number of likely N-dealkylation sites (N-methyl/N-ethyl adjacent to an activating group) is 2. The Bertz CT molecular complexity index is 1340. The summed E-state index contributed by atoms with van der Waals surface area (Å²) in [6.45, 7) is 22.1. The van der Waals surface area contributed by atoms with Gasteiger partial charge in [0.1, 0.15) is 16.8 Å². The fourth-order valence-electron chi connectivity index (χ4n) is 6.80. The van der Waals surface area contributed by atoms with Crippen molar-refractivity contribution in [3.05, 3.63) is 20.9 Å². The van der Waals surface area contributed by atoms with Crippen LogP contribution >= 0.6 is 0 Å². The molecule has 0 aliphatic carbocycles. The van der Waals surface area contributed by atoms with Gasteiger partial charge in [-0.3, -0.25) is 0 Å². The molecule has 354 valence electrons. The van der Waals surface area contributed by atoms with E-state index >= 15 is 0 Å². The molecular formula is C42H82N10O9. The lowest BCUT2D eigenvalue weighted by atomic mass is 9.94. The van der Waals surface area contributed by atoms with Gasteiger partial charge >= 0.3 is 18.3 Å². The number of amides is 3. The van der Waals surface area contributed by atoms with Crippen LogP contribution in [0.5, 0.6) is 0 Å². The number of hydrogen-bond acceptors (Lipinski definition) is 12. The number of azide groups is 2. The number of rotatable bonds is 14. The minimum atomic E-state index is -0.541. The van der Waals surface area contributed by atoms with Crippen molar-refractivity contribution in [2.45, 2.75) is 162 Å². The third-order valence-corrected chi connectivity index (χ3v) is 9.76. The summed E-state index contributed by atoms with van der Waals surface area (Å²) in [4.78, 5) is 44.6. The second-order valence-electron chi connectivity index (χ2n) is 18.9. The van der Waals surface area contributed by atoms with E-state index in [-0.39, 0.29) is 44.7 Å². The summed E-state index contributed by atoms with van der Waals surface area (Å²) < 4.78 is 32.3. The number of nitrogens with two attached hydrogens (primary N) is 1. The first-order valence-corrected chi connectivity index (χ1v) is 21.4. The molecule has 0 aromatic carbocycles. The molecule has 3 rings (SSSR count). The molecule has 0 aromatic rings. The van der Waals surface area contributed by atoms with Crippen LogP contribution < -0.4 is 11.1 Å². The molecule has 19 nitrogen and oxygen atoms in total. The van der Waals surface area contributed by atoms with Crippen molar-refractivity contribution >= 4 is 18.3 Å². The molecule has 3 aliphatic rings. The highest BCUT2D eigenvalue weighted by atomic mass is 16.6. The van der Waals surface area contributed by atoms with Crippen molar-refractivity contribution < 1.29 is 42.8 Å². The van der Waals surface area contributed by atoms with Gasteiger partial charge in [0.25, 0.3) is 0 Å². The van der Waals surface area contributed by atoms with Gasteiger partial charge in [0.05, 0.1) is 0 Å². The highest BCUT2D eigenvalue weighted by Crippen LogP contribution is 2.24. The van der Waals surface area contributed by atoms with Gasteiger partial charge in [-0.1, -0.05) is 17.7 Å². The maximum atomic E-state index is 12.1. The molecule has 0 radical (unpaired) electrons. The molecule has 0 aromatic heterocycles. The third kappa shape index (κ3) is 27.8. The fourth-order valence-corrected chi connectivity index (χ4v) is 6.80. The Morgan fingerprint density at radius 3 is 1.41 bits per heavy atom. The lowest BCUT2D eigenvalue weighted by molar-refractivity contribution is 0.0116. The van der Waals surface area contributed by atoms with Crippen LogP contribution in [0.4, 0.5) is 14.4 Å². The monoisotopic (exact) mass is 871 g/mol. The molecule has 3 aliphatic heterocycles. The van der Waals surface area contributed by atoms with Crippen molar-refractivity contribution in [3.63, 3.8) is 0 Å². The molecular weight excluding hydrogens is 789 g/mol. The van der Waals surface area contributed by atoms with Gasteiger partial charge in [-0.15, -0.1) is 0 Å². The van der Waals surface area contributed by atoms with Crippen molar-refractivity contribution in [2.24, 2.45) is 33.7 Å². The zero-order chi connectivity index (χ0) is 45.4. The summed E-state index contributed by atoms with van der Waals surface area (Å²) >= 11 is 0. The van der Waals surface area contributed by atoms with E-state index < -0.39 is 29.0 Å². The Labute approximate surface area is 366 Å². The van der Waals surface area contributed by atoms with Crippen molar-refractivity contribution in [1.29, 1.82) is 0 Å². The van der Waals surface area contributed by atoms with E-state index in [1.165, 1.54) is 4.90 Å². The Morgan fingerprint density at radius 1 is 0.672 bits per heavy atom. The van der Waals surface area contributed by atoms with E-state index in [4.69, 9.17) is 45.2 Å².